The summed E-state index contributed by atoms with van der Waals surface area (Å²) in [5.41, 5.74) is 0. The summed E-state index contributed by atoms with van der Waals surface area (Å²) in [6, 6.07) is 2.29. The zero-order valence-corrected chi connectivity index (χ0v) is 12.7. The van der Waals surface area contributed by atoms with Crippen LogP contribution in [-0.4, -0.2) is 41.7 Å². The van der Waals surface area contributed by atoms with Crippen molar-refractivity contribution >= 4 is 5.95 Å². The molecule has 0 unspecified atom stereocenters. The van der Waals surface area contributed by atoms with Crippen LogP contribution in [-0.2, 0) is 0 Å². The van der Waals surface area contributed by atoms with E-state index in [9.17, 15) is 0 Å². The molecule has 0 fully saturated rings. The molecule has 108 valence electrons. The van der Waals surface area contributed by atoms with Crippen LogP contribution in [0.3, 0.4) is 0 Å². The average Bonchev–Trinajstić information content (AvgIpc) is 2.34. The molecule has 0 aliphatic rings. The SMILES string of the molecule is CCN(CCNC(C)C)c1nccc(OC(C)C)n1. The van der Waals surface area contributed by atoms with E-state index in [1.165, 1.54) is 0 Å². The number of hydrogen-bond acceptors (Lipinski definition) is 5. The molecule has 0 bridgehead atoms. The molecular weight excluding hydrogens is 240 g/mol. The fraction of sp³-hybridized carbons (Fsp3) is 0.714. The molecule has 0 spiro atoms. The van der Waals surface area contributed by atoms with Crippen molar-refractivity contribution in [2.24, 2.45) is 0 Å². The number of aromatic nitrogens is 2. The van der Waals surface area contributed by atoms with Gasteiger partial charge in [-0.2, -0.15) is 4.98 Å². The highest BCUT2D eigenvalue weighted by Gasteiger charge is 2.09. The van der Waals surface area contributed by atoms with Crippen LogP contribution in [0.2, 0.25) is 0 Å². The second kappa shape index (κ2) is 7.94. The molecule has 0 aromatic carbocycles. The average molecular weight is 266 g/mol. The van der Waals surface area contributed by atoms with Gasteiger partial charge >= 0.3 is 0 Å². The van der Waals surface area contributed by atoms with Crippen molar-refractivity contribution in [3.05, 3.63) is 12.3 Å². The molecule has 0 saturated carbocycles. The Morgan fingerprint density at radius 1 is 1.32 bits per heavy atom. The monoisotopic (exact) mass is 266 g/mol. The molecule has 5 heteroatoms. The van der Waals surface area contributed by atoms with Gasteiger partial charge in [-0.15, -0.1) is 0 Å². The summed E-state index contributed by atoms with van der Waals surface area (Å²) in [5, 5.41) is 3.40. The summed E-state index contributed by atoms with van der Waals surface area (Å²) in [6.07, 6.45) is 1.87. The van der Waals surface area contributed by atoms with Gasteiger partial charge in [0, 0.05) is 37.9 Å². The zero-order valence-electron chi connectivity index (χ0n) is 12.7. The van der Waals surface area contributed by atoms with E-state index in [-0.39, 0.29) is 6.10 Å². The largest absolute Gasteiger partial charge is 0.475 e. The molecule has 0 saturated heterocycles. The van der Waals surface area contributed by atoms with Crippen LogP contribution in [0.1, 0.15) is 34.6 Å². The van der Waals surface area contributed by atoms with Crippen molar-refractivity contribution in [2.45, 2.75) is 46.8 Å². The lowest BCUT2D eigenvalue weighted by molar-refractivity contribution is 0.232. The highest BCUT2D eigenvalue weighted by atomic mass is 16.5. The normalized spacial score (nSPS) is 11.1. The van der Waals surface area contributed by atoms with Gasteiger partial charge in [-0.05, 0) is 20.8 Å². The molecule has 1 aromatic rings. The van der Waals surface area contributed by atoms with E-state index >= 15 is 0 Å². The minimum absolute atomic E-state index is 0.125. The van der Waals surface area contributed by atoms with E-state index in [0.29, 0.717) is 11.9 Å². The van der Waals surface area contributed by atoms with Gasteiger partial charge in [0.1, 0.15) is 0 Å². The van der Waals surface area contributed by atoms with Crippen molar-refractivity contribution < 1.29 is 4.74 Å². The van der Waals surface area contributed by atoms with Gasteiger partial charge in [0.05, 0.1) is 6.10 Å². The fourth-order valence-electron chi connectivity index (χ4n) is 1.68. The number of nitrogens with one attached hydrogen (secondary N) is 1. The lowest BCUT2D eigenvalue weighted by Gasteiger charge is -2.22. The van der Waals surface area contributed by atoms with Gasteiger partial charge in [0.25, 0.3) is 0 Å². The third kappa shape index (κ3) is 5.87. The maximum Gasteiger partial charge on any atom is 0.228 e. The van der Waals surface area contributed by atoms with Crippen LogP contribution >= 0.6 is 0 Å². The number of anilines is 1. The highest BCUT2D eigenvalue weighted by molar-refractivity contribution is 5.31. The molecule has 0 aliphatic heterocycles. The van der Waals surface area contributed by atoms with Crippen molar-refractivity contribution in [1.29, 1.82) is 0 Å². The second-order valence-electron chi connectivity index (χ2n) is 5.05. The summed E-state index contributed by atoms with van der Waals surface area (Å²) in [5.74, 6) is 1.36. The predicted octanol–water partition coefficient (Wildman–Crippen LogP) is 2.09. The molecule has 0 amide bonds. The first-order valence-electron chi connectivity index (χ1n) is 7.01. The lowest BCUT2D eigenvalue weighted by Crippen LogP contribution is -2.35. The summed E-state index contributed by atoms with van der Waals surface area (Å²) in [6.45, 7) is 13.1. The molecule has 1 aromatic heterocycles. The predicted molar refractivity (Wildman–Crippen MR) is 78.8 cm³/mol. The summed E-state index contributed by atoms with van der Waals surface area (Å²) >= 11 is 0. The molecular formula is C14H26N4O. The Hall–Kier alpha value is -1.36. The Bertz CT molecular complexity index is 368. The van der Waals surface area contributed by atoms with Crippen LogP contribution in [0.5, 0.6) is 5.88 Å². The van der Waals surface area contributed by atoms with Crippen molar-refractivity contribution in [1.82, 2.24) is 15.3 Å². The van der Waals surface area contributed by atoms with Gasteiger partial charge in [-0.3, -0.25) is 0 Å². The first-order chi connectivity index (χ1) is 9.02. The van der Waals surface area contributed by atoms with Crippen molar-refractivity contribution in [2.75, 3.05) is 24.5 Å². The molecule has 0 radical (unpaired) electrons. The Kier molecular flexibility index (Phi) is 6.56. The van der Waals surface area contributed by atoms with Crippen LogP contribution in [0.4, 0.5) is 5.95 Å². The zero-order chi connectivity index (χ0) is 14.3. The van der Waals surface area contributed by atoms with E-state index < -0.39 is 0 Å². The molecule has 0 atom stereocenters. The Labute approximate surface area is 116 Å². The standard InChI is InChI=1S/C14H26N4O/c1-6-18(10-9-15-11(2)3)14-16-8-7-13(17-14)19-12(4)5/h7-8,11-12,15H,6,9-10H2,1-5H3. The van der Waals surface area contributed by atoms with Crippen molar-refractivity contribution in [3.63, 3.8) is 0 Å². The topological polar surface area (TPSA) is 50.3 Å². The Balaban J connectivity index is 2.64. The maximum absolute atomic E-state index is 5.60. The van der Waals surface area contributed by atoms with Crippen LogP contribution in [0.25, 0.3) is 0 Å². The van der Waals surface area contributed by atoms with Crippen LogP contribution < -0.4 is 15.0 Å². The number of ether oxygens (including phenoxy) is 1. The number of nitrogens with zero attached hydrogens (tertiary/aromatic N) is 3. The van der Waals surface area contributed by atoms with E-state index in [0.717, 1.165) is 25.6 Å². The van der Waals surface area contributed by atoms with Crippen LogP contribution in [0.15, 0.2) is 12.3 Å². The Morgan fingerprint density at radius 3 is 2.63 bits per heavy atom. The smallest absolute Gasteiger partial charge is 0.228 e. The van der Waals surface area contributed by atoms with Gasteiger partial charge < -0.3 is 15.0 Å². The first kappa shape index (κ1) is 15.7. The third-order valence-corrected chi connectivity index (χ3v) is 2.57. The summed E-state index contributed by atoms with van der Waals surface area (Å²) in [4.78, 5) is 10.9. The fourth-order valence-corrected chi connectivity index (χ4v) is 1.68. The van der Waals surface area contributed by atoms with Crippen molar-refractivity contribution in [3.8, 4) is 5.88 Å². The van der Waals surface area contributed by atoms with Gasteiger partial charge in [0.15, 0.2) is 0 Å². The quantitative estimate of drug-likeness (QED) is 0.781. The van der Waals surface area contributed by atoms with Crippen LogP contribution in [0, 0.1) is 0 Å². The number of rotatable bonds is 8. The van der Waals surface area contributed by atoms with Gasteiger partial charge in [-0.25, -0.2) is 4.98 Å². The molecule has 19 heavy (non-hydrogen) atoms. The number of hydrogen-bond donors (Lipinski definition) is 1. The third-order valence-electron chi connectivity index (χ3n) is 2.57. The van der Waals surface area contributed by atoms with E-state index in [2.05, 4.69) is 41.0 Å². The molecule has 1 heterocycles. The summed E-state index contributed by atoms with van der Waals surface area (Å²) in [7, 11) is 0. The minimum Gasteiger partial charge on any atom is -0.475 e. The minimum atomic E-state index is 0.125. The molecule has 0 aliphatic carbocycles. The van der Waals surface area contributed by atoms with Gasteiger partial charge in [0.2, 0.25) is 11.8 Å². The second-order valence-corrected chi connectivity index (χ2v) is 5.05. The van der Waals surface area contributed by atoms with E-state index in [1.807, 2.05) is 13.8 Å². The first-order valence-corrected chi connectivity index (χ1v) is 7.01. The number of likely N-dealkylation sites (N-methyl/N-ethyl adjacent to an activating group) is 1. The lowest BCUT2D eigenvalue weighted by atomic mass is 10.4. The highest BCUT2D eigenvalue weighted by Crippen LogP contribution is 2.13. The molecule has 1 N–H and O–H groups in total. The van der Waals surface area contributed by atoms with E-state index in [4.69, 9.17) is 4.74 Å². The molecule has 5 nitrogen and oxygen atoms in total. The maximum atomic E-state index is 5.60. The van der Waals surface area contributed by atoms with E-state index in [1.54, 1.807) is 12.3 Å². The Morgan fingerprint density at radius 2 is 2.05 bits per heavy atom. The van der Waals surface area contributed by atoms with Gasteiger partial charge in [-0.1, -0.05) is 13.8 Å². The molecule has 1 rings (SSSR count). The summed E-state index contributed by atoms with van der Waals surface area (Å²) < 4.78 is 5.60.